The van der Waals surface area contributed by atoms with Crippen LogP contribution in [0.25, 0.3) is 5.69 Å². The first-order valence-corrected chi connectivity index (χ1v) is 6.63. The number of carbonyl (C=O) groups is 1. The van der Waals surface area contributed by atoms with E-state index >= 15 is 0 Å². The Morgan fingerprint density at radius 1 is 1.40 bits per heavy atom. The average molecular weight is 294 g/mol. The van der Waals surface area contributed by atoms with Gasteiger partial charge in [-0.25, -0.2) is 4.68 Å². The van der Waals surface area contributed by atoms with Crippen LogP contribution in [0.3, 0.4) is 0 Å². The average Bonchev–Trinajstić information content (AvgIpc) is 2.94. The van der Waals surface area contributed by atoms with Crippen LogP contribution in [0.2, 0.25) is 5.02 Å². The van der Waals surface area contributed by atoms with E-state index in [1.807, 2.05) is 12.1 Å². The maximum atomic E-state index is 12.1. The summed E-state index contributed by atoms with van der Waals surface area (Å²) in [5, 5.41) is 8.50. The van der Waals surface area contributed by atoms with E-state index in [0.717, 1.165) is 12.1 Å². The summed E-state index contributed by atoms with van der Waals surface area (Å²) >= 11 is 5.83. The molecule has 0 aliphatic rings. The van der Waals surface area contributed by atoms with Gasteiger partial charge in [0, 0.05) is 18.6 Å². The number of rotatable bonds is 5. The summed E-state index contributed by atoms with van der Waals surface area (Å²) in [6.07, 6.45) is 2.36. The molecule has 106 valence electrons. The summed E-state index contributed by atoms with van der Waals surface area (Å²) in [7, 11) is 1.72. The Balaban J connectivity index is 2.12. The molecule has 2 aromatic rings. The molecule has 1 amide bonds. The van der Waals surface area contributed by atoms with Gasteiger partial charge >= 0.3 is 0 Å². The molecule has 0 atom stereocenters. The largest absolute Gasteiger partial charge is 0.340 e. The third-order valence-corrected chi connectivity index (χ3v) is 3.10. The number of hydrogen-bond acceptors (Lipinski definition) is 4. The van der Waals surface area contributed by atoms with Gasteiger partial charge in [-0.2, -0.15) is 0 Å². The van der Waals surface area contributed by atoms with E-state index in [-0.39, 0.29) is 5.91 Å². The number of carbonyl (C=O) groups excluding carboxylic acids is 1. The maximum absolute atomic E-state index is 12.1. The van der Waals surface area contributed by atoms with Crippen molar-refractivity contribution in [3.05, 3.63) is 41.2 Å². The smallest absolute Gasteiger partial charge is 0.275 e. The summed E-state index contributed by atoms with van der Waals surface area (Å²) in [5.41, 5.74) is 6.53. The van der Waals surface area contributed by atoms with Crippen LogP contribution in [-0.4, -0.2) is 45.9 Å². The highest BCUT2D eigenvalue weighted by molar-refractivity contribution is 6.30. The van der Waals surface area contributed by atoms with Crippen LogP contribution in [0, 0.1) is 0 Å². The normalized spacial score (nSPS) is 10.6. The molecule has 0 bridgehead atoms. The highest BCUT2D eigenvalue weighted by atomic mass is 35.5. The Morgan fingerprint density at radius 3 is 2.75 bits per heavy atom. The van der Waals surface area contributed by atoms with Gasteiger partial charge in [-0.15, -0.1) is 5.10 Å². The summed E-state index contributed by atoms with van der Waals surface area (Å²) < 4.78 is 1.54. The lowest BCUT2D eigenvalue weighted by Gasteiger charge is -2.14. The fraction of sp³-hybridized carbons (Fsp3) is 0.308. The van der Waals surface area contributed by atoms with Crippen molar-refractivity contribution in [2.75, 3.05) is 20.1 Å². The number of nitrogens with two attached hydrogens (primary N) is 1. The second-order valence-corrected chi connectivity index (χ2v) is 4.83. The van der Waals surface area contributed by atoms with Gasteiger partial charge in [0.1, 0.15) is 0 Å². The standard InChI is InChI=1S/C13H16ClN5O/c1-18(8-2-7-15)13(20)12-9-19(17-16-12)11-5-3-10(14)4-6-11/h3-6,9H,2,7-8,15H2,1H3. The third-order valence-electron chi connectivity index (χ3n) is 2.85. The summed E-state index contributed by atoms with van der Waals surface area (Å²) in [6.45, 7) is 1.15. The van der Waals surface area contributed by atoms with E-state index in [1.165, 1.54) is 0 Å². The van der Waals surface area contributed by atoms with Crippen molar-refractivity contribution in [2.45, 2.75) is 6.42 Å². The molecule has 0 saturated carbocycles. The highest BCUT2D eigenvalue weighted by Crippen LogP contribution is 2.13. The van der Waals surface area contributed by atoms with Crippen LogP contribution in [0.15, 0.2) is 30.5 Å². The van der Waals surface area contributed by atoms with Gasteiger partial charge in [0.05, 0.1) is 11.9 Å². The molecular formula is C13H16ClN5O. The van der Waals surface area contributed by atoms with Gasteiger partial charge in [0.15, 0.2) is 5.69 Å². The van der Waals surface area contributed by atoms with Crippen LogP contribution in [0.4, 0.5) is 0 Å². The Hall–Kier alpha value is -1.92. The summed E-state index contributed by atoms with van der Waals surface area (Å²) in [4.78, 5) is 13.7. The number of hydrogen-bond donors (Lipinski definition) is 1. The Morgan fingerprint density at radius 2 is 2.10 bits per heavy atom. The van der Waals surface area contributed by atoms with Crippen LogP contribution in [0.5, 0.6) is 0 Å². The number of benzene rings is 1. The van der Waals surface area contributed by atoms with Gasteiger partial charge in [-0.3, -0.25) is 4.79 Å². The number of halogens is 1. The maximum Gasteiger partial charge on any atom is 0.275 e. The molecule has 2 rings (SSSR count). The molecule has 1 aromatic carbocycles. The summed E-state index contributed by atoms with van der Waals surface area (Å²) in [6, 6.07) is 7.13. The Labute approximate surface area is 122 Å². The topological polar surface area (TPSA) is 77.0 Å². The molecule has 2 N–H and O–H groups in total. The van der Waals surface area contributed by atoms with E-state index in [2.05, 4.69) is 10.3 Å². The third kappa shape index (κ3) is 3.34. The van der Waals surface area contributed by atoms with Crippen LogP contribution in [0.1, 0.15) is 16.9 Å². The molecule has 7 heteroatoms. The fourth-order valence-electron chi connectivity index (χ4n) is 1.71. The van der Waals surface area contributed by atoms with Crippen LogP contribution >= 0.6 is 11.6 Å². The van der Waals surface area contributed by atoms with E-state index in [4.69, 9.17) is 17.3 Å². The van der Waals surface area contributed by atoms with Gasteiger partial charge in [0.2, 0.25) is 0 Å². The first-order chi connectivity index (χ1) is 9.61. The molecule has 20 heavy (non-hydrogen) atoms. The molecule has 0 aliphatic carbocycles. The van der Waals surface area contributed by atoms with Crippen molar-refractivity contribution >= 4 is 17.5 Å². The van der Waals surface area contributed by atoms with Gasteiger partial charge < -0.3 is 10.6 Å². The van der Waals surface area contributed by atoms with E-state index < -0.39 is 0 Å². The second-order valence-electron chi connectivity index (χ2n) is 4.39. The highest BCUT2D eigenvalue weighted by Gasteiger charge is 2.15. The predicted octanol–water partition coefficient (Wildman–Crippen LogP) is 1.34. The van der Waals surface area contributed by atoms with Crippen molar-refractivity contribution in [1.29, 1.82) is 0 Å². The molecule has 0 fully saturated rings. The fourth-order valence-corrected chi connectivity index (χ4v) is 1.83. The quantitative estimate of drug-likeness (QED) is 0.902. The molecule has 0 saturated heterocycles. The molecule has 0 spiro atoms. The summed E-state index contributed by atoms with van der Waals surface area (Å²) in [5.74, 6) is -0.168. The predicted molar refractivity (Wildman–Crippen MR) is 77.0 cm³/mol. The lowest BCUT2D eigenvalue weighted by Crippen LogP contribution is -2.29. The first kappa shape index (κ1) is 14.5. The number of aromatic nitrogens is 3. The van der Waals surface area contributed by atoms with Gasteiger partial charge in [-0.1, -0.05) is 16.8 Å². The van der Waals surface area contributed by atoms with Gasteiger partial charge in [0.25, 0.3) is 5.91 Å². The van der Waals surface area contributed by atoms with E-state index in [0.29, 0.717) is 23.8 Å². The first-order valence-electron chi connectivity index (χ1n) is 6.25. The minimum absolute atomic E-state index is 0.168. The van der Waals surface area contributed by atoms with Crippen molar-refractivity contribution in [3.63, 3.8) is 0 Å². The zero-order valence-electron chi connectivity index (χ0n) is 11.2. The lowest BCUT2D eigenvalue weighted by atomic mass is 10.3. The molecule has 6 nitrogen and oxygen atoms in total. The minimum Gasteiger partial charge on any atom is -0.340 e. The SMILES string of the molecule is CN(CCCN)C(=O)c1cn(-c2ccc(Cl)cc2)nn1. The van der Waals surface area contributed by atoms with Crippen molar-refractivity contribution in [1.82, 2.24) is 19.9 Å². The Bertz CT molecular complexity index is 581. The zero-order valence-corrected chi connectivity index (χ0v) is 11.9. The molecule has 0 radical (unpaired) electrons. The van der Waals surface area contributed by atoms with Crippen molar-refractivity contribution in [3.8, 4) is 5.69 Å². The van der Waals surface area contributed by atoms with Crippen LogP contribution < -0.4 is 5.73 Å². The van der Waals surface area contributed by atoms with Gasteiger partial charge in [-0.05, 0) is 37.2 Å². The lowest BCUT2D eigenvalue weighted by molar-refractivity contribution is 0.0788. The zero-order chi connectivity index (χ0) is 14.5. The number of nitrogens with zero attached hydrogens (tertiary/aromatic N) is 4. The van der Waals surface area contributed by atoms with Crippen molar-refractivity contribution in [2.24, 2.45) is 5.73 Å². The molecule has 1 aromatic heterocycles. The number of amides is 1. The van der Waals surface area contributed by atoms with Crippen LogP contribution in [-0.2, 0) is 0 Å². The monoisotopic (exact) mass is 293 g/mol. The molecule has 0 aliphatic heterocycles. The van der Waals surface area contributed by atoms with E-state index in [9.17, 15) is 4.79 Å². The van der Waals surface area contributed by atoms with E-state index in [1.54, 1.807) is 35.0 Å². The Kier molecular flexibility index (Phi) is 4.70. The molecular weight excluding hydrogens is 278 g/mol. The molecule has 0 unspecified atom stereocenters. The minimum atomic E-state index is -0.168. The second kappa shape index (κ2) is 6.49. The van der Waals surface area contributed by atoms with Crippen molar-refractivity contribution < 1.29 is 4.79 Å². The molecule has 1 heterocycles.